The van der Waals surface area contributed by atoms with E-state index in [4.69, 9.17) is 5.73 Å². The smallest absolute Gasteiger partial charge is 0.230 e. The SMILES string of the molecule is CC(C)c1ccc(NC(=O)Cc2csc(N)n2)cc1. The number of nitrogens with one attached hydrogen (secondary N) is 1. The first kappa shape index (κ1) is 13.5. The van der Waals surface area contributed by atoms with Crippen LogP contribution in [0.3, 0.4) is 0 Å². The minimum atomic E-state index is -0.0809. The third kappa shape index (κ3) is 3.79. The molecule has 1 aromatic heterocycles. The first-order valence-corrected chi connectivity index (χ1v) is 7.02. The Bertz CT molecular complexity index is 560. The van der Waals surface area contributed by atoms with E-state index in [0.717, 1.165) is 5.69 Å². The standard InChI is InChI=1S/C14H17N3OS/c1-9(2)10-3-5-11(6-4-10)16-13(18)7-12-8-19-14(15)17-12/h3-6,8-9H,7H2,1-2H3,(H2,15,17)(H,16,18). The number of rotatable bonds is 4. The van der Waals surface area contributed by atoms with E-state index in [2.05, 4.69) is 24.1 Å². The van der Waals surface area contributed by atoms with Gasteiger partial charge >= 0.3 is 0 Å². The third-order valence-electron chi connectivity index (χ3n) is 2.77. The molecule has 2 aromatic rings. The Morgan fingerprint density at radius 3 is 2.58 bits per heavy atom. The van der Waals surface area contributed by atoms with Crippen molar-refractivity contribution in [2.24, 2.45) is 0 Å². The van der Waals surface area contributed by atoms with Crippen LogP contribution in [0.25, 0.3) is 0 Å². The van der Waals surface area contributed by atoms with Crippen LogP contribution in [-0.4, -0.2) is 10.9 Å². The first-order chi connectivity index (χ1) is 9.04. The molecule has 1 aromatic carbocycles. The molecule has 0 saturated carbocycles. The van der Waals surface area contributed by atoms with Crippen LogP contribution in [0.5, 0.6) is 0 Å². The molecule has 0 fully saturated rings. The Morgan fingerprint density at radius 2 is 2.05 bits per heavy atom. The zero-order valence-corrected chi connectivity index (χ0v) is 11.8. The Balaban J connectivity index is 1.95. The second kappa shape index (κ2) is 5.84. The number of thiazole rings is 1. The molecular formula is C14H17N3OS. The lowest BCUT2D eigenvalue weighted by Crippen LogP contribution is -2.14. The van der Waals surface area contributed by atoms with Crippen LogP contribution in [0, 0.1) is 0 Å². The van der Waals surface area contributed by atoms with Crippen molar-refractivity contribution in [1.29, 1.82) is 0 Å². The highest BCUT2D eigenvalue weighted by atomic mass is 32.1. The summed E-state index contributed by atoms with van der Waals surface area (Å²) in [5, 5.41) is 5.14. The van der Waals surface area contributed by atoms with E-state index in [9.17, 15) is 4.79 Å². The molecule has 5 heteroatoms. The van der Waals surface area contributed by atoms with Crippen LogP contribution in [0.1, 0.15) is 31.0 Å². The number of aromatic nitrogens is 1. The average molecular weight is 275 g/mol. The molecule has 19 heavy (non-hydrogen) atoms. The highest BCUT2D eigenvalue weighted by molar-refractivity contribution is 7.13. The molecule has 0 aliphatic carbocycles. The summed E-state index contributed by atoms with van der Waals surface area (Å²) in [7, 11) is 0. The van der Waals surface area contributed by atoms with Gasteiger partial charge in [0.25, 0.3) is 0 Å². The third-order valence-corrected chi connectivity index (χ3v) is 3.49. The summed E-state index contributed by atoms with van der Waals surface area (Å²) >= 11 is 1.34. The van der Waals surface area contributed by atoms with Gasteiger partial charge in [-0.3, -0.25) is 4.79 Å². The number of benzene rings is 1. The Kier molecular flexibility index (Phi) is 4.16. The van der Waals surface area contributed by atoms with Gasteiger partial charge in [0.05, 0.1) is 12.1 Å². The zero-order chi connectivity index (χ0) is 13.8. The number of anilines is 2. The van der Waals surface area contributed by atoms with Gasteiger partial charge in [-0.15, -0.1) is 11.3 Å². The molecule has 0 spiro atoms. The van der Waals surface area contributed by atoms with E-state index in [1.165, 1.54) is 16.9 Å². The normalized spacial score (nSPS) is 10.7. The lowest BCUT2D eigenvalue weighted by molar-refractivity contribution is -0.115. The number of amides is 1. The van der Waals surface area contributed by atoms with Gasteiger partial charge in [-0.2, -0.15) is 0 Å². The van der Waals surface area contributed by atoms with Gasteiger partial charge in [0, 0.05) is 11.1 Å². The van der Waals surface area contributed by atoms with Crippen LogP contribution >= 0.6 is 11.3 Å². The maximum absolute atomic E-state index is 11.8. The minimum absolute atomic E-state index is 0.0809. The number of carbonyl (C=O) groups is 1. The van der Waals surface area contributed by atoms with Crippen molar-refractivity contribution in [3.8, 4) is 0 Å². The minimum Gasteiger partial charge on any atom is -0.375 e. The summed E-state index contributed by atoms with van der Waals surface area (Å²) in [6, 6.07) is 7.90. The topological polar surface area (TPSA) is 68.0 Å². The highest BCUT2D eigenvalue weighted by Gasteiger charge is 2.07. The van der Waals surface area contributed by atoms with Gasteiger partial charge < -0.3 is 11.1 Å². The number of nitrogens with two attached hydrogens (primary N) is 1. The van der Waals surface area contributed by atoms with Gasteiger partial charge in [-0.1, -0.05) is 26.0 Å². The number of hydrogen-bond acceptors (Lipinski definition) is 4. The van der Waals surface area contributed by atoms with E-state index in [1.54, 1.807) is 5.38 Å². The summed E-state index contributed by atoms with van der Waals surface area (Å²) in [6.45, 7) is 4.28. The van der Waals surface area contributed by atoms with Crippen molar-refractivity contribution in [2.75, 3.05) is 11.1 Å². The molecule has 0 bridgehead atoms. The molecule has 0 saturated heterocycles. The van der Waals surface area contributed by atoms with Crippen LogP contribution in [0.2, 0.25) is 0 Å². The van der Waals surface area contributed by atoms with Crippen molar-refractivity contribution in [3.05, 3.63) is 40.9 Å². The van der Waals surface area contributed by atoms with E-state index in [1.807, 2.05) is 24.3 Å². The number of hydrogen-bond donors (Lipinski definition) is 2. The quantitative estimate of drug-likeness (QED) is 0.901. The fourth-order valence-electron chi connectivity index (χ4n) is 1.72. The Hall–Kier alpha value is -1.88. The summed E-state index contributed by atoms with van der Waals surface area (Å²) in [5.74, 6) is 0.408. The number of nitrogens with zero attached hydrogens (tertiary/aromatic N) is 1. The van der Waals surface area contributed by atoms with Gasteiger partial charge in [0.1, 0.15) is 0 Å². The molecule has 0 unspecified atom stereocenters. The van der Waals surface area contributed by atoms with Crippen molar-refractivity contribution in [1.82, 2.24) is 4.98 Å². The van der Waals surface area contributed by atoms with Crippen LogP contribution in [0.15, 0.2) is 29.6 Å². The van der Waals surface area contributed by atoms with Gasteiger partial charge in [-0.05, 0) is 23.6 Å². The summed E-state index contributed by atoms with van der Waals surface area (Å²) < 4.78 is 0. The molecule has 1 heterocycles. The van der Waals surface area contributed by atoms with Gasteiger partial charge in [0.15, 0.2) is 5.13 Å². The maximum Gasteiger partial charge on any atom is 0.230 e. The monoisotopic (exact) mass is 275 g/mol. The van der Waals surface area contributed by atoms with E-state index in [-0.39, 0.29) is 12.3 Å². The lowest BCUT2D eigenvalue weighted by Gasteiger charge is -2.08. The second-order valence-corrected chi connectivity index (χ2v) is 5.57. The molecular weight excluding hydrogens is 258 g/mol. The summed E-state index contributed by atoms with van der Waals surface area (Å²) in [4.78, 5) is 15.9. The molecule has 0 atom stereocenters. The first-order valence-electron chi connectivity index (χ1n) is 6.14. The number of carbonyl (C=O) groups excluding carboxylic acids is 1. The van der Waals surface area contributed by atoms with Crippen LogP contribution < -0.4 is 11.1 Å². The molecule has 3 N–H and O–H groups in total. The summed E-state index contributed by atoms with van der Waals surface area (Å²) in [6.07, 6.45) is 0.250. The highest BCUT2D eigenvalue weighted by Crippen LogP contribution is 2.17. The fraction of sp³-hybridized carbons (Fsp3) is 0.286. The van der Waals surface area contributed by atoms with Crippen LogP contribution in [-0.2, 0) is 11.2 Å². The second-order valence-electron chi connectivity index (χ2n) is 4.68. The molecule has 4 nitrogen and oxygen atoms in total. The molecule has 1 amide bonds. The predicted octanol–water partition coefficient (Wildman–Crippen LogP) is 3.03. The molecule has 0 aliphatic rings. The number of nitrogen functional groups attached to an aromatic ring is 1. The van der Waals surface area contributed by atoms with E-state index >= 15 is 0 Å². The van der Waals surface area contributed by atoms with E-state index < -0.39 is 0 Å². The fourth-order valence-corrected chi connectivity index (χ4v) is 2.29. The van der Waals surface area contributed by atoms with Gasteiger partial charge in [0.2, 0.25) is 5.91 Å². The zero-order valence-electron chi connectivity index (χ0n) is 11.0. The van der Waals surface area contributed by atoms with Crippen molar-refractivity contribution < 1.29 is 4.79 Å². The van der Waals surface area contributed by atoms with Gasteiger partial charge in [-0.25, -0.2) is 4.98 Å². The summed E-state index contributed by atoms with van der Waals surface area (Å²) in [5.41, 5.74) is 8.29. The average Bonchev–Trinajstić information content (AvgIpc) is 2.75. The maximum atomic E-state index is 11.8. The van der Waals surface area contributed by atoms with Crippen molar-refractivity contribution in [2.45, 2.75) is 26.2 Å². The lowest BCUT2D eigenvalue weighted by atomic mass is 10.0. The van der Waals surface area contributed by atoms with Crippen LogP contribution in [0.4, 0.5) is 10.8 Å². The Labute approximate surface area is 116 Å². The largest absolute Gasteiger partial charge is 0.375 e. The Morgan fingerprint density at radius 1 is 1.37 bits per heavy atom. The van der Waals surface area contributed by atoms with E-state index in [0.29, 0.717) is 16.7 Å². The predicted molar refractivity (Wildman–Crippen MR) is 79.4 cm³/mol. The van der Waals surface area contributed by atoms with Crippen molar-refractivity contribution >= 4 is 28.1 Å². The molecule has 0 aliphatic heterocycles. The molecule has 2 rings (SSSR count). The van der Waals surface area contributed by atoms with Crippen molar-refractivity contribution in [3.63, 3.8) is 0 Å². The molecule has 100 valence electrons. The molecule has 0 radical (unpaired) electrons.